The highest BCUT2D eigenvalue weighted by Gasteiger charge is 2.15. The minimum absolute atomic E-state index is 0.236. The zero-order chi connectivity index (χ0) is 16.3. The fourth-order valence-electron chi connectivity index (χ4n) is 1.90. The van der Waals surface area contributed by atoms with E-state index in [1.807, 2.05) is 0 Å². The van der Waals surface area contributed by atoms with Crippen molar-refractivity contribution >= 4 is 21.7 Å². The Labute approximate surface area is 128 Å². The van der Waals surface area contributed by atoms with Gasteiger partial charge in [-0.3, -0.25) is 9.35 Å². The summed E-state index contributed by atoms with van der Waals surface area (Å²) in [4.78, 5) is 11.9. The summed E-state index contributed by atoms with van der Waals surface area (Å²) in [6, 6.07) is 10.8. The summed E-state index contributed by atoms with van der Waals surface area (Å²) in [5, 5.41) is 2.58. The average molecular weight is 321 g/mol. The van der Waals surface area contributed by atoms with E-state index in [2.05, 4.69) is 5.32 Å². The lowest BCUT2D eigenvalue weighted by Crippen LogP contribution is -2.12. The molecule has 0 aliphatic carbocycles. The fourth-order valence-corrected chi connectivity index (χ4v) is 2.65. The molecule has 2 aromatic carbocycles. The van der Waals surface area contributed by atoms with Gasteiger partial charge in [0.1, 0.15) is 5.75 Å². The van der Waals surface area contributed by atoms with Crippen LogP contribution in [-0.2, 0) is 10.1 Å². The molecule has 2 aromatic rings. The summed E-state index contributed by atoms with van der Waals surface area (Å²) in [5.41, 5.74) is 1.07. The van der Waals surface area contributed by atoms with Crippen molar-refractivity contribution in [3.05, 3.63) is 53.6 Å². The first-order valence-corrected chi connectivity index (χ1v) is 7.79. The van der Waals surface area contributed by atoms with E-state index >= 15 is 0 Å². The maximum absolute atomic E-state index is 12.1. The van der Waals surface area contributed by atoms with Crippen molar-refractivity contribution in [2.75, 3.05) is 12.4 Å². The molecule has 0 aliphatic rings. The van der Waals surface area contributed by atoms with E-state index in [-0.39, 0.29) is 10.6 Å². The Morgan fingerprint density at radius 1 is 1.14 bits per heavy atom. The van der Waals surface area contributed by atoms with Crippen LogP contribution in [0.25, 0.3) is 0 Å². The normalized spacial score (nSPS) is 11.0. The van der Waals surface area contributed by atoms with Gasteiger partial charge in [0.05, 0.1) is 12.0 Å². The van der Waals surface area contributed by atoms with Gasteiger partial charge < -0.3 is 10.1 Å². The van der Waals surface area contributed by atoms with E-state index in [4.69, 9.17) is 9.29 Å². The van der Waals surface area contributed by atoms with E-state index in [9.17, 15) is 13.2 Å². The third-order valence-corrected chi connectivity index (χ3v) is 4.07. The first-order valence-electron chi connectivity index (χ1n) is 6.35. The Morgan fingerprint density at radius 2 is 1.77 bits per heavy atom. The van der Waals surface area contributed by atoms with Gasteiger partial charge in [-0.1, -0.05) is 6.07 Å². The number of anilines is 1. The molecule has 0 heterocycles. The van der Waals surface area contributed by atoms with Crippen LogP contribution in [0, 0.1) is 6.92 Å². The number of carbonyl (C=O) groups excluding carboxylic acids is 1. The van der Waals surface area contributed by atoms with Gasteiger partial charge >= 0.3 is 0 Å². The summed E-state index contributed by atoms with van der Waals surface area (Å²) in [6.45, 7) is 1.55. The minimum atomic E-state index is -4.33. The van der Waals surface area contributed by atoms with Crippen LogP contribution in [0.1, 0.15) is 15.9 Å². The SMILES string of the molecule is COc1ccc(C(=O)Nc2ccc(C)c(S(=O)(=O)O)c2)cc1. The molecule has 0 fully saturated rings. The highest BCUT2D eigenvalue weighted by molar-refractivity contribution is 7.85. The van der Waals surface area contributed by atoms with Gasteiger partial charge in [-0.25, -0.2) is 0 Å². The lowest BCUT2D eigenvalue weighted by atomic mass is 10.2. The van der Waals surface area contributed by atoms with Crippen molar-refractivity contribution in [1.29, 1.82) is 0 Å². The lowest BCUT2D eigenvalue weighted by Gasteiger charge is -2.09. The molecule has 2 N–H and O–H groups in total. The van der Waals surface area contributed by atoms with Gasteiger partial charge in [-0.05, 0) is 48.9 Å². The van der Waals surface area contributed by atoms with Crippen LogP contribution >= 0.6 is 0 Å². The van der Waals surface area contributed by atoms with Gasteiger partial charge in [0, 0.05) is 11.3 Å². The Bertz CT molecular complexity index is 797. The number of hydrogen-bond donors (Lipinski definition) is 2. The Kier molecular flexibility index (Phi) is 4.48. The number of aryl methyl sites for hydroxylation is 1. The predicted molar refractivity (Wildman–Crippen MR) is 81.9 cm³/mol. The molecule has 0 bridgehead atoms. The van der Waals surface area contributed by atoms with E-state index in [0.29, 0.717) is 16.9 Å². The Balaban J connectivity index is 2.25. The van der Waals surface area contributed by atoms with Crippen molar-refractivity contribution in [2.24, 2.45) is 0 Å². The van der Waals surface area contributed by atoms with Crippen LogP contribution in [0.3, 0.4) is 0 Å². The summed E-state index contributed by atoms with van der Waals surface area (Å²) in [7, 11) is -2.81. The zero-order valence-electron chi connectivity index (χ0n) is 12.0. The molecule has 0 spiro atoms. The summed E-state index contributed by atoms with van der Waals surface area (Å²) < 4.78 is 36.7. The highest BCUT2D eigenvalue weighted by atomic mass is 32.2. The van der Waals surface area contributed by atoms with E-state index in [0.717, 1.165) is 0 Å². The molecule has 0 saturated heterocycles. The molecular formula is C15H15NO5S. The van der Waals surface area contributed by atoms with Crippen LogP contribution in [0.15, 0.2) is 47.4 Å². The van der Waals surface area contributed by atoms with E-state index in [1.165, 1.54) is 19.2 Å². The second kappa shape index (κ2) is 6.17. The zero-order valence-corrected chi connectivity index (χ0v) is 12.8. The third kappa shape index (κ3) is 3.63. The lowest BCUT2D eigenvalue weighted by molar-refractivity contribution is 0.102. The van der Waals surface area contributed by atoms with Crippen LogP contribution in [0.4, 0.5) is 5.69 Å². The molecule has 0 unspecified atom stereocenters. The number of methoxy groups -OCH3 is 1. The van der Waals surface area contributed by atoms with Crippen molar-refractivity contribution in [3.63, 3.8) is 0 Å². The topological polar surface area (TPSA) is 92.7 Å². The van der Waals surface area contributed by atoms with Gasteiger partial charge in [0.2, 0.25) is 0 Å². The number of nitrogens with one attached hydrogen (secondary N) is 1. The number of carbonyl (C=O) groups is 1. The summed E-state index contributed by atoms with van der Waals surface area (Å²) in [5.74, 6) is 0.230. The molecule has 22 heavy (non-hydrogen) atoms. The van der Waals surface area contributed by atoms with Crippen molar-refractivity contribution in [1.82, 2.24) is 0 Å². The number of amides is 1. The largest absolute Gasteiger partial charge is 0.497 e. The summed E-state index contributed by atoms with van der Waals surface area (Å²) >= 11 is 0. The predicted octanol–water partition coefficient (Wildman–Crippen LogP) is 2.50. The van der Waals surface area contributed by atoms with Gasteiger partial charge in [-0.2, -0.15) is 8.42 Å². The molecule has 0 radical (unpaired) electrons. The van der Waals surface area contributed by atoms with Crippen LogP contribution in [0.5, 0.6) is 5.75 Å². The van der Waals surface area contributed by atoms with E-state index < -0.39 is 16.0 Å². The molecule has 116 valence electrons. The Morgan fingerprint density at radius 3 is 2.32 bits per heavy atom. The molecule has 0 atom stereocenters. The Hall–Kier alpha value is -2.38. The molecule has 0 saturated carbocycles. The van der Waals surface area contributed by atoms with Crippen LogP contribution < -0.4 is 10.1 Å². The summed E-state index contributed by atoms with van der Waals surface area (Å²) in [6.07, 6.45) is 0. The van der Waals surface area contributed by atoms with Gasteiger partial charge in [0.15, 0.2) is 0 Å². The fraction of sp³-hybridized carbons (Fsp3) is 0.133. The number of ether oxygens (including phenoxy) is 1. The molecule has 7 heteroatoms. The first kappa shape index (κ1) is 16.0. The maximum Gasteiger partial charge on any atom is 0.294 e. The average Bonchev–Trinajstić information content (AvgIpc) is 2.48. The molecule has 0 aliphatic heterocycles. The van der Waals surface area contributed by atoms with E-state index in [1.54, 1.807) is 37.3 Å². The van der Waals surface area contributed by atoms with Gasteiger partial charge in [-0.15, -0.1) is 0 Å². The van der Waals surface area contributed by atoms with Crippen LogP contribution in [-0.4, -0.2) is 26.0 Å². The molecule has 2 rings (SSSR count). The molecular weight excluding hydrogens is 306 g/mol. The van der Waals surface area contributed by atoms with Crippen LogP contribution in [0.2, 0.25) is 0 Å². The highest BCUT2D eigenvalue weighted by Crippen LogP contribution is 2.21. The second-order valence-electron chi connectivity index (χ2n) is 4.64. The smallest absolute Gasteiger partial charge is 0.294 e. The van der Waals surface area contributed by atoms with Crippen molar-refractivity contribution in [2.45, 2.75) is 11.8 Å². The number of hydrogen-bond acceptors (Lipinski definition) is 4. The van der Waals surface area contributed by atoms with Crippen molar-refractivity contribution in [3.8, 4) is 5.75 Å². The minimum Gasteiger partial charge on any atom is -0.497 e. The number of benzene rings is 2. The van der Waals surface area contributed by atoms with Crippen molar-refractivity contribution < 1.29 is 22.5 Å². The molecule has 6 nitrogen and oxygen atoms in total. The second-order valence-corrected chi connectivity index (χ2v) is 6.03. The first-order chi connectivity index (χ1) is 10.3. The molecule has 1 amide bonds. The van der Waals surface area contributed by atoms with Gasteiger partial charge in [0.25, 0.3) is 16.0 Å². The monoisotopic (exact) mass is 321 g/mol. The molecule has 0 aromatic heterocycles. The third-order valence-electron chi connectivity index (χ3n) is 3.08. The number of rotatable bonds is 4. The standard InChI is InChI=1S/C15H15NO5S/c1-10-3-6-12(9-14(10)22(18,19)20)16-15(17)11-4-7-13(21-2)8-5-11/h3-9H,1-2H3,(H,16,17)(H,18,19,20). The maximum atomic E-state index is 12.1. The quantitative estimate of drug-likeness (QED) is 0.844.